The van der Waals surface area contributed by atoms with Gasteiger partial charge in [0.25, 0.3) is 0 Å². The first-order valence-electron chi connectivity index (χ1n) is 8.41. The summed E-state index contributed by atoms with van der Waals surface area (Å²) in [6.07, 6.45) is 1.79. The molecule has 1 N–H and O–H groups in total. The summed E-state index contributed by atoms with van der Waals surface area (Å²) in [5.41, 5.74) is 2.33. The van der Waals surface area contributed by atoms with Gasteiger partial charge in [-0.1, -0.05) is 12.1 Å². The highest BCUT2D eigenvalue weighted by Gasteiger charge is 2.45. The molecule has 0 radical (unpaired) electrons. The Morgan fingerprint density at radius 2 is 2.13 bits per heavy atom. The van der Waals surface area contributed by atoms with Crippen molar-refractivity contribution in [1.82, 2.24) is 5.32 Å². The van der Waals surface area contributed by atoms with E-state index in [1.54, 1.807) is 7.11 Å². The Hall–Kier alpha value is -1.17. The molecule has 1 heterocycles. The SMILES string of the molecule is COc1cc(CCN[C@@H]2CCC3(C[C@H]2F)OCCO3)ccc1C. The van der Waals surface area contributed by atoms with E-state index in [1.165, 1.54) is 5.56 Å². The summed E-state index contributed by atoms with van der Waals surface area (Å²) in [5.74, 6) is 0.253. The summed E-state index contributed by atoms with van der Waals surface area (Å²) in [5, 5.41) is 3.35. The van der Waals surface area contributed by atoms with Gasteiger partial charge >= 0.3 is 0 Å². The second-order valence-corrected chi connectivity index (χ2v) is 6.48. The molecule has 23 heavy (non-hydrogen) atoms. The fourth-order valence-corrected chi connectivity index (χ4v) is 3.51. The van der Waals surface area contributed by atoms with Crippen LogP contribution in [0.3, 0.4) is 0 Å². The lowest BCUT2D eigenvalue weighted by atomic mass is 9.88. The van der Waals surface area contributed by atoms with Crippen molar-refractivity contribution in [2.45, 2.75) is 50.6 Å². The molecular weight excluding hydrogens is 297 g/mol. The van der Waals surface area contributed by atoms with Gasteiger partial charge in [0.05, 0.1) is 20.3 Å². The molecule has 1 spiro atoms. The highest BCUT2D eigenvalue weighted by molar-refractivity contribution is 5.36. The van der Waals surface area contributed by atoms with Gasteiger partial charge in [-0.3, -0.25) is 0 Å². The summed E-state index contributed by atoms with van der Waals surface area (Å²) in [4.78, 5) is 0. The van der Waals surface area contributed by atoms with Crippen LogP contribution in [0.2, 0.25) is 0 Å². The molecule has 1 saturated carbocycles. The minimum Gasteiger partial charge on any atom is -0.496 e. The van der Waals surface area contributed by atoms with Gasteiger partial charge in [0.1, 0.15) is 11.9 Å². The van der Waals surface area contributed by atoms with Gasteiger partial charge < -0.3 is 19.5 Å². The van der Waals surface area contributed by atoms with Crippen LogP contribution in [0.25, 0.3) is 0 Å². The van der Waals surface area contributed by atoms with Crippen LogP contribution in [0.4, 0.5) is 4.39 Å². The van der Waals surface area contributed by atoms with Crippen LogP contribution in [-0.2, 0) is 15.9 Å². The minimum atomic E-state index is -0.922. The van der Waals surface area contributed by atoms with Crippen LogP contribution in [0, 0.1) is 6.92 Å². The molecular formula is C18H26FNO3. The smallest absolute Gasteiger partial charge is 0.171 e. The monoisotopic (exact) mass is 323 g/mol. The lowest BCUT2D eigenvalue weighted by molar-refractivity contribution is -0.192. The molecule has 5 heteroatoms. The maximum absolute atomic E-state index is 14.4. The zero-order chi connectivity index (χ0) is 16.3. The van der Waals surface area contributed by atoms with E-state index in [9.17, 15) is 4.39 Å². The van der Waals surface area contributed by atoms with E-state index in [0.717, 1.165) is 37.1 Å². The minimum absolute atomic E-state index is 0.110. The van der Waals surface area contributed by atoms with Crippen LogP contribution >= 0.6 is 0 Å². The summed E-state index contributed by atoms with van der Waals surface area (Å²) in [6.45, 7) is 3.95. The molecule has 1 aromatic rings. The molecule has 0 bridgehead atoms. The average molecular weight is 323 g/mol. The number of aryl methyl sites for hydroxylation is 1. The molecule has 2 fully saturated rings. The molecule has 0 aromatic heterocycles. The van der Waals surface area contributed by atoms with Gasteiger partial charge in [0.2, 0.25) is 0 Å². The molecule has 3 rings (SSSR count). The van der Waals surface area contributed by atoms with Gasteiger partial charge in [-0.15, -0.1) is 0 Å². The van der Waals surface area contributed by atoms with Crippen molar-refractivity contribution in [3.8, 4) is 5.75 Å². The van der Waals surface area contributed by atoms with Crippen LogP contribution < -0.4 is 10.1 Å². The van der Waals surface area contributed by atoms with Crippen molar-refractivity contribution < 1.29 is 18.6 Å². The van der Waals surface area contributed by atoms with Crippen molar-refractivity contribution in [3.05, 3.63) is 29.3 Å². The lowest BCUT2D eigenvalue weighted by Gasteiger charge is -2.38. The van der Waals surface area contributed by atoms with E-state index in [1.807, 2.05) is 6.92 Å². The van der Waals surface area contributed by atoms with Gasteiger partial charge in [-0.25, -0.2) is 4.39 Å². The Labute approximate surface area is 137 Å². The molecule has 2 aliphatic rings. The van der Waals surface area contributed by atoms with E-state index in [4.69, 9.17) is 14.2 Å². The average Bonchev–Trinajstić information content (AvgIpc) is 2.99. The van der Waals surface area contributed by atoms with Crippen LogP contribution in [0.5, 0.6) is 5.75 Å². The maximum Gasteiger partial charge on any atom is 0.171 e. The van der Waals surface area contributed by atoms with Gasteiger partial charge in [-0.2, -0.15) is 0 Å². The number of hydrogen-bond donors (Lipinski definition) is 1. The van der Waals surface area contributed by atoms with E-state index in [2.05, 4.69) is 23.5 Å². The number of methoxy groups -OCH3 is 1. The molecule has 1 aliphatic carbocycles. The number of rotatable bonds is 5. The summed E-state index contributed by atoms with van der Waals surface area (Å²) in [6, 6.07) is 6.11. The molecule has 0 amide bonds. The first-order valence-corrected chi connectivity index (χ1v) is 8.41. The molecule has 128 valence electrons. The fraction of sp³-hybridized carbons (Fsp3) is 0.667. The predicted molar refractivity (Wildman–Crippen MR) is 86.6 cm³/mol. The lowest BCUT2D eigenvalue weighted by Crippen LogP contribution is -2.49. The number of halogens is 1. The third-order valence-electron chi connectivity index (χ3n) is 4.89. The van der Waals surface area contributed by atoms with Crippen molar-refractivity contribution >= 4 is 0 Å². The van der Waals surface area contributed by atoms with Gasteiger partial charge in [0.15, 0.2) is 5.79 Å². The maximum atomic E-state index is 14.4. The Balaban J connectivity index is 1.47. The largest absolute Gasteiger partial charge is 0.496 e. The summed E-state index contributed by atoms with van der Waals surface area (Å²) in [7, 11) is 1.68. The number of hydrogen-bond acceptors (Lipinski definition) is 4. The van der Waals surface area contributed by atoms with E-state index in [0.29, 0.717) is 19.6 Å². The molecule has 2 atom stereocenters. The first-order chi connectivity index (χ1) is 11.1. The molecule has 4 nitrogen and oxygen atoms in total. The normalized spacial score (nSPS) is 26.6. The Morgan fingerprint density at radius 1 is 1.35 bits per heavy atom. The van der Waals surface area contributed by atoms with Crippen LogP contribution in [-0.4, -0.2) is 44.9 Å². The standard InChI is InChI=1S/C18H26FNO3/c1-13-3-4-14(11-17(13)21-2)6-8-20-16-5-7-18(12-15(16)19)22-9-10-23-18/h3-4,11,15-16,20H,5-10,12H2,1-2H3/t15-,16-/m1/s1. The Kier molecular flexibility index (Phi) is 5.19. The number of ether oxygens (including phenoxy) is 3. The third-order valence-corrected chi connectivity index (χ3v) is 4.89. The van der Waals surface area contributed by atoms with Crippen molar-refractivity contribution in [1.29, 1.82) is 0 Å². The second-order valence-electron chi connectivity index (χ2n) is 6.48. The Morgan fingerprint density at radius 3 is 2.83 bits per heavy atom. The zero-order valence-electron chi connectivity index (χ0n) is 13.9. The second kappa shape index (κ2) is 7.16. The topological polar surface area (TPSA) is 39.7 Å². The van der Waals surface area contributed by atoms with E-state index < -0.39 is 12.0 Å². The van der Waals surface area contributed by atoms with Crippen LogP contribution in [0.1, 0.15) is 30.4 Å². The van der Waals surface area contributed by atoms with Crippen molar-refractivity contribution in [2.75, 3.05) is 26.9 Å². The summed E-state index contributed by atoms with van der Waals surface area (Å²) < 4.78 is 31.0. The van der Waals surface area contributed by atoms with Crippen LogP contribution in [0.15, 0.2) is 18.2 Å². The molecule has 0 unspecified atom stereocenters. The number of nitrogens with one attached hydrogen (secondary N) is 1. The highest BCUT2D eigenvalue weighted by Crippen LogP contribution is 2.37. The van der Waals surface area contributed by atoms with Crippen molar-refractivity contribution in [3.63, 3.8) is 0 Å². The molecule has 1 aromatic carbocycles. The summed E-state index contributed by atoms with van der Waals surface area (Å²) >= 11 is 0. The van der Waals surface area contributed by atoms with E-state index >= 15 is 0 Å². The van der Waals surface area contributed by atoms with E-state index in [-0.39, 0.29) is 6.04 Å². The van der Waals surface area contributed by atoms with Crippen molar-refractivity contribution in [2.24, 2.45) is 0 Å². The highest BCUT2D eigenvalue weighted by atomic mass is 19.1. The Bertz CT molecular complexity index is 531. The predicted octanol–water partition coefficient (Wildman–Crippen LogP) is 2.77. The number of alkyl halides is 1. The third kappa shape index (κ3) is 3.84. The fourth-order valence-electron chi connectivity index (χ4n) is 3.51. The number of benzene rings is 1. The van der Waals surface area contributed by atoms with Gasteiger partial charge in [-0.05, 0) is 43.5 Å². The molecule has 1 saturated heterocycles. The zero-order valence-corrected chi connectivity index (χ0v) is 13.9. The van der Waals surface area contributed by atoms with Gasteiger partial charge in [0, 0.05) is 18.9 Å². The quantitative estimate of drug-likeness (QED) is 0.904. The first kappa shape index (κ1) is 16.7. The molecule has 1 aliphatic heterocycles.